The van der Waals surface area contributed by atoms with Crippen LogP contribution >= 0.6 is 23.2 Å². The van der Waals surface area contributed by atoms with E-state index < -0.39 is 28.2 Å². The molecule has 0 aliphatic heterocycles. The summed E-state index contributed by atoms with van der Waals surface area (Å²) < 4.78 is 67.4. The zero-order chi connectivity index (χ0) is 19.5. The van der Waals surface area contributed by atoms with Gasteiger partial charge in [-0.15, -0.1) is 13.2 Å². The quantitative estimate of drug-likeness (QED) is 0.731. The van der Waals surface area contributed by atoms with Gasteiger partial charge in [0, 0.05) is 6.54 Å². The minimum Gasteiger partial charge on any atom is -0.406 e. The van der Waals surface area contributed by atoms with Crippen LogP contribution in [0.2, 0.25) is 10.0 Å². The normalized spacial score (nSPS) is 13.5. The molecule has 0 radical (unpaired) electrons. The van der Waals surface area contributed by atoms with Gasteiger partial charge in [0.1, 0.15) is 5.75 Å². The van der Waals surface area contributed by atoms with E-state index >= 15 is 0 Å². The van der Waals surface area contributed by atoms with Gasteiger partial charge in [-0.25, -0.2) is 13.1 Å². The van der Waals surface area contributed by atoms with E-state index in [4.69, 9.17) is 28.9 Å². The highest BCUT2D eigenvalue weighted by atomic mass is 35.5. The topological polar surface area (TPSA) is 81.4 Å². The lowest BCUT2D eigenvalue weighted by atomic mass is 10.1. The van der Waals surface area contributed by atoms with Crippen molar-refractivity contribution in [3.63, 3.8) is 0 Å². The van der Waals surface area contributed by atoms with Crippen LogP contribution in [0.15, 0.2) is 47.4 Å². The summed E-state index contributed by atoms with van der Waals surface area (Å²) in [7, 11) is -4.05. The van der Waals surface area contributed by atoms with E-state index in [1.165, 1.54) is 12.1 Å². The molecule has 0 fully saturated rings. The third-order valence-corrected chi connectivity index (χ3v) is 5.47. The predicted octanol–water partition coefficient (Wildman–Crippen LogP) is 3.87. The first-order valence-corrected chi connectivity index (χ1v) is 9.29. The zero-order valence-corrected chi connectivity index (χ0v) is 15.3. The van der Waals surface area contributed by atoms with Crippen LogP contribution in [0.3, 0.4) is 0 Å². The molecule has 0 aliphatic rings. The molecule has 0 bridgehead atoms. The lowest BCUT2D eigenvalue weighted by molar-refractivity contribution is -0.274. The molecule has 2 aromatic carbocycles. The minimum absolute atomic E-state index is 0.0769. The van der Waals surface area contributed by atoms with Crippen molar-refractivity contribution in [2.24, 2.45) is 5.73 Å². The number of nitrogens with two attached hydrogens (primary N) is 1. The molecule has 1 atom stereocenters. The van der Waals surface area contributed by atoms with Gasteiger partial charge in [-0.3, -0.25) is 0 Å². The average Bonchev–Trinajstić information content (AvgIpc) is 2.54. The number of benzene rings is 2. The molecule has 0 amide bonds. The number of ether oxygens (including phenoxy) is 1. The molecule has 26 heavy (non-hydrogen) atoms. The second-order valence-corrected chi connectivity index (χ2v) is 7.63. The van der Waals surface area contributed by atoms with Crippen LogP contribution < -0.4 is 15.2 Å². The molecule has 0 unspecified atom stereocenters. The summed E-state index contributed by atoms with van der Waals surface area (Å²) in [5, 5.41) is 0.532. The van der Waals surface area contributed by atoms with Crippen molar-refractivity contribution in [3.05, 3.63) is 58.1 Å². The van der Waals surface area contributed by atoms with Crippen LogP contribution in [0.25, 0.3) is 0 Å². The SMILES string of the molecule is NC[C@H](NS(=O)(=O)c1ccc(OC(F)(F)F)cc1)c1ccc(Cl)c(Cl)c1. The second kappa shape index (κ2) is 8.01. The van der Waals surface area contributed by atoms with Crippen molar-refractivity contribution < 1.29 is 26.3 Å². The fourth-order valence-electron chi connectivity index (χ4n) is 2.06. The maximum absolute atomic E-state index is 12.4. The van der Waals surface area contributed by atoms with Crippen LogP contribution in [0.1, 0.15) is 11.6 Å². The molecule has 11 heteroatoms. The van der Waals surface area contributed by atoms with E-state index in [0.717, 1.165) is 24.3 Å². The van der Waals surface area contributed by atoms with Crippen molar-refractivity contribution in [1.82, 2.24) is 4.72 Å². The Balaban J connectivity index is 2.21. The smallest absolute Gasteiger partial charge is 0.406 e. The molecular weight excluding hydrogens is 416 g/mol. The number of rotatable bonds is 6. The molecule has 0 heterocycles. The van der Waals surface area contributed by atoms with E-state index in [1.54, 1.807) is 6.07 Å². The maximum Gasteiger partial charge on any atom is 0.573 e. The van der Waals surface area contributed by atoms with Crippen LogP contribution in [-0.2, 0) is 10.0 Å². The van der Waals surface area contributed by atoms with Crippen LogP contribution in [0, 0.1) is 0 Å². The van der Waals surface area contributed by atoms with Crippen molar-refractivity contribution in [1.29, 1.82) is 0 Å². The predicted molar refractivity (Wildman–Crippen MR) is 91.7 cm³/mol. The van der Waals surface area contributed by atoms with Gasteiger partial charge >= 0.3 is 6.36 Å². The third-order valence-electron chi connectivity index (χ3n) is 3.25. The molecule has 0 saturated heterocycles. The summed E-state index contributed by atoms with van der Waals surface area (Å²) in [6.45, 7) is -0.0769. The number of halogens is 5. The highest BCUT2D eigenvalue weighted by Gasteiger charge is 2.31. The Kier molecular flexibility index (Phi) is 6.41. The van der Waals surface area contributed by atoms with Crippen molar-refractivity contribution in [2.45, 2.75) is 17.3 Å². The molecule has 2 rings (SSSR count). The standard InChI is InChI=1S/C15H13Cl2F3N2O3S/c16-12-6-1-9(7-13(12)17)14(8-21)22-26(23,24)11-4-2-10(3-5-11)25-15(18,19)20/h1-7,14,22H,8,21H2/t14-/m0/s1. The highest BCUT2D eigenvalue weighted by molar-refractivity contribution is 7.89. The van der Waals surface area contributed by atoms with E-state index in [-0.39, 0.29) is 16.5 Å². The Hall–Kier alpha value is -1.52. The van der Waals surface area contributed by atoms with E-state index in [0.29, 0.717) is 10.6 Å². The Bertz CT molecular complexity index is 875. The molecule has 0 aliphatic carbocycles. The molecular formula is C15H13Cl2F3N2O3S. The summed E-state index contributed by atoms with van der Waals surface area (Å²) in [4.78, 5) is -0.245. The Morgan fingerprint density at radius 3 is 2.19 bits per heavy atom. The second-order valence-electron chi connectivity index (χ2n) is 5.10. The first-order chi connectivity index (χ1) is 12.0. The van der Waals surface area contributed by atoms with Gasteiger partial charge in [-0.2, -0.15) is 0 Å². The zero-order valence-electron chi connectivity index (χ0n) is 12.9. The number of hydrogen-bond acceptors (Lipinski definition) is 4. The minimum atomic E-state index is -4.86. The van der Waals surface area contributed by atoms with Gasteiger partial charge in [0.2, 0.25) is 10.0 Å². The molecule has 0 aromatic heterocycles. The highest BCUT2D eigenvalue weighted by Crippen LogP contribution is 2.27. The van der Waals surface area contributed by atoms with E-state index in [2.05, 4.69) is 9.46 Å². The number of alkyl halides is 3. The van der Waals surface area contributed by atoms with E-state index in [1.807, 2.05) is 0 Å². The van der Waals surface area contributed by atoms with Crippen molar-refractivity contribution in [3.8, 4) is 5.75 Å². The Labute approximate surface area is 157 Å². The molecule has 2 aromatic rings. The first-order valence-electron chi connectivity index (χ1n) is 7.05. The Morgan fingerprint density at radius 2 is 1.69 bits per heavy atom. The molecule has 0 spiro atoms. The fourth-order valence-corrected chi connectivity index (χ4v) is 3.60. The van der Waals surface area contributed by atoms with Crippen molar-refractivity contribution >= 4 is 33.2 Å². The van der Waals surface area contributed by atoms with Crippen LogP contribution in [0.5, 0.6) is 5.75 Å². The van der Waals surface area contributed by atoms with E-state index in [9.17, 15) is 21.6 Å². The fraction of sp³-hybridized carbons (Fsp3) is 0.200. The molecule has 0 saturated carbocycles. The number of nitrogens with one attached hydrogen (secondary N) is 1. The van der Waals surface area contributed by atoms with Gasteiger partial charge < -0.3 is 10.5 Å². The first kappa shape index (κ1) is 20.8. The third kappa shape index (κ3) is 5.49. The van der Waals surface area contributed by atoms with Gasteiger partial charge in [0.15, 0.2) is 0 Å². The summed E-state index contributed by atoms with van der Waals surface area (Å²) in [5.74, 6) is -0.531. The number of sulfonamides is 1. The van der Waals surface area contributed by atoms with Gasteiger partial charge in [-0.05, 0) is 42.0 Å². The summed E-state index contributed by atoms with van der Waals surface area (Å²) in [6.07, 6.45) is -4.86. The Morgan fingerprint density at radius 1 is 1.08 bits per heavy atom. The maximum atomic E-state index is 12.4. The summed E-state index contributed by atoms with van der Waals surface area (Å²) in [5.41, 5.74) is 6.11. The van der Waals surface area contributed by atoms with Crippen LogP contribution in [0.4, 0.5) is 13.2 Å². The molecule has 3 N–H and O–H groups in total. The monoisotopic (exact) mass is 428 g/mol. The number of hydrogen-bond donors (Lipinski definition) is 2. The largest absolute Gasteiger partial charge is 0.573 e. The van der Waals surface area contributed by atoms with Crippen LogP contribution in [-0.4, -0.2) is 21.3 Å². The lowest BCUT2D eigenvalue weighted by Gasteiger charge is -2.18. The van der Waals surface area contributed by atoms with Gasteiger partial charge in [0.25, 0.3) is 0 Å². The van der Waals surface area contributed by atoms with Gasteiger partial charge in [0.05, 0.1) is 21.0 Å². The molecule has 5 nitrogen and oxygen atoms in total. The molecule has 142 valence electrons. The van der Waals surface area contributed by atoms with Crippen molar-refractivity contribution in [2.75, 3.05) is 6.54 Å². The lowest BCUT2D eigenvalue weighted by Crippen LogP contribution is -2.33. The average molecular weight is 429 g/mol. The summed E-state index contributed by atoms with van der Waals surface area (Å²) >= 11 is 11.7. The summed E-state index contributed by atoms with van der Waals surface area (Å²) in [6, 6.07) is 7.52. The van der Waals surface area contributed by atoms with Gasteiger partial charge in [-0.1, -0.05) is 29.3 Å².